The molecule has 3 N–H and O–H groups in total. The van der Waals surface area contributed by atoms with Crippen LogP contribution in [0.25, 0.3) is 0 Å². The molecule has 0 bridgehead atoms. The molecular weight excluding hydrogens is 214 g/mol. The minimum atomic E-state index is -0.242. The van der Waals surface area contributed by atoms with Gasteiger partial charge in [0.2, 0.25) is 0 Å². The summed E-state index contributed by atoms with van der Waals surface area (Å²) in [5, 5.41) is 2.78. The average molecular weight is 231 g/mol. The highest BCUT2D eigenvalue weighted by Crippen LogP contribution is 2.10. The first-order valence-corrected chi connectivity index (χ1v) is 5.57. The molecule has 0 radical (unpaired) electrons. The number of nitrogen functional groups attached to an aromatic ring is 1. The van der Waals surface area contributed by atoms with E-state index < -0.39 is 0 Å². The van der Waals surface area contributed by atoms with Crippen molar-refractivity contribution in [2.75, 3.05) is 5.73 Å². The van der Waals surface area contributed by atoms with Crippen LogP contribution in [0.15, 0.2) is 12.3 Å². The van der Waals surface area contributed by atoms with Gasteiger partial charge in [0.15, 0.2) is 0 Å². The van der Waals surface area contributed by atoms with Crippen LogP contribution < -0.4 is 11.1 Å². The van der Waals surface area contributed by atoms with E-state index in [1.165, 1.54) is 6.20 Å². The highest BCUT2D eigenvalue weighted by atomic mass is 16.1. The third kappa shape index (κ3) is 3.49. The van der Waals surface area contributed by atoms with Gasteiger partial charge in [-0.05, 0) is 19.4 Å². The van der Waals surface area contributed by atoms with Gasteiger partial charge >= 0.3 is 0 Å². The van der Waals surface area contributed by atoms with E-state index in [-0.39, 0.29) is 11.9 Å². The number of anilines is 1. The number of aryl methyl sites for hydroxylation is 1. The Labute approximate surface area is 102 Å². The minimum absolute atomic E-state index is 0.223. The lowest BCUT2D eigenvalue weighted by Gasteiger charge is -2.13. The van der Waals surface area contributed by atoms with Gasteiger partial charge in [-0.2, -0.15) is 0 Å². The molecule has 0 saturated carbocycles. The summed E-state index contributed by atoms with van der Waals surface area (Å²) in [5.41, 5.74) is 7.19. The van der Waals surface area contributed by atoms with Crippen molar-refractivity contribution in [2.24, 2.45) is 0 Å². The molecule has 1 unspecified atom stereocenters. The minimum Gasteiger partial charge on any atom is -0.397 e. The number of hydrogen-bond acceptors (Lipinski definition) is 3. The largest absolute Gasteiger partial charge is 0.397 e. The molecule has 0 aliphatic carbocycles. The molecule has 4 nitrogen and oxygen atoms in total. The van der Waals surface area contributed by atoms with Crippen LogP contribution in [0.3, 0.4) is 0 Å². The smallest absolute Gasteiger partial charge is 0.254 e. The number of rotatable bonds is 4. The van der Waals surface area contributed by atoms with Crippen molar-refractivity contribution >= 4 is 11.6 Å². The molecule has 1 atom stereocenters. The number of aromatic nitrogens is 1. The van der Waals surface area contributed by atoms with Gasteiger partial charge in [0.25, 0.3) is 5.91 Å². The Kier molecular flexibility index (Phi) is 4.53. The van der Waals surface area contributed by atoms with Crippen LogP contribution >= 0.6 is 0 Å². The molecule has 0 aromatic carbocycles. The number of carbonyl (C=O) groups excluding carboxylic acids is 1. The van der Waals surface area contributed by atoms with Crippen LogP contribution in [-0.4, -0.2) is 16.9 Å². The molecule has 1 rings (SSSR count). The standard InChI is InChI=1S/C13H17N3O/c1-4-6-11(5-2)16-13(17)12-7-10(14)8-15-9(12)3/h2,7-8,11H,4,6,14H2,1,3H3,(H,16,17). The van der Waals surface area contributed by atoms with Gasteiger partial charge < -0.3 is 11.1 Å². The molecule has 0 aliphatic heterocycles. The average Bonchev–Trinajstić information content (AvgIpc) is 2.31. The fraction of sp³-hybridized carbons (Fsp3) is 0.385. The Morgan fingerprint density at radius 1 is 1.71 bits per heavy atom. The Hall–Kier alpha value is -2.02. The fourth-order valence-electron chi connectivity index (χ4n) is 1.50. The summed E-state index contributed by atoms with van der Waals surface area (Å²) in [6.45, 7) is 3.78. The maximum Gasteiger partial charge on any atom is 0.254 e. The SMILES string of the molecule is C#CC(CCC)NC(=O)c1cc(N)cnc1C. The van der Waals surface area contributed by atoms with Crippen molar-refractivity contribution in [1.82, 2.24) is 10.3 Å². The second-order valence-corrected chi connectivity index (χ2v) is 3.88. The molecule has 4 heteroatoms. The monoisotopic (exact) mass is 231 g/mol. The molecule has 1 amide bonds. The zero-order valence-electron chi connectivity index (χ0n) is 10.2. The van der Waals surface area contributed by atoms with Crippen LogP contribution in [0.4, 0.5) is 5.69 Å². The number of nitrogens with two attached hydrogens (primary N) is 1. The van der Waals surface area contributed by atoms with Crippen molar-refractivity contribution < 1.29 is 4.79 Å². The maximum absolute atomic E-state index is 12.0. The van der Waals surface area contributed by atoms with Crippen LogP contribution in [0.2, 0.25) is 0 Å². The molecule has 0 aliphatic rings. The van der Waals surface area contributed by atoms with Crippen LogP contribution in [0, 0.1) is 19.3 Å². The van der Waals surface area contributed by atoms with Crippen molar-refractivity contribution in [1.29, 1.82) is 0 Å². The number of nitrogens with zero attached hydrogens (tertiary/aromatic N) is 1. The van der Waals surface area contributed by atoms with Gasteiger partial charge in [-0.25, -0.2) is 0 Å². The first-order chi connectivity index (χ1) is 8.08. The molecule has 0 saturated heterocycles. The van der Waals surface area contributed by atoms with E-state index in [2.05, 4.69) is 16.2 Å². The highest BCUT2D eigenvalue weighted by Gasteiger charge is 2.13. The molecule has 1 heterocycles. The van der Waals surface area contributed by atoms with E-state index in [1.807, 2.05) is 6.92 Å². The van der Waals surface area contributed by atoms with Gasteiger partial charge in [0.05, 0.1) is 29.2 Å². The van der Waals surface area contributed by atoms with E-state index in [1.54, 1.807) is 13.0 Å². The summed E-state index contributed by atoms with van der Waals surface area (Å²) in [4.78, 5) is 16.0. The molecular formula is C13H17N3O. The Morgan fingerprint density at radius 2 is 2.41 bits per heavy atom. The predicted molar refractivity (Wildman–Crippen MR) is 68.4 cm³/mol. The number of carbonyl (C=O) groups is 1. The zero-order valence-corrected chi connectivity index (χ0v) is 10.2. The van der Waals surface area contributed by atoms with E-state index in [9.17, 15) is 4.79 Å². The van der Waals surface area contributed by atoms with Gasteiger partial charge in [-0.15, -0.1) is 6.42 Å². The van der Waals surface area contributed by atoms with E-state index >= 15 is 0 Å². The van der Waals surface area contributed by atoms with Crippen molar-refractivity contribution in [3.05, 3.63) is 23.5 Å². The van der Waals surface area contributed by atoms with Crippen molar-refractivity contribution in [3.8, 4) is 12.3 Å². The fourth-order valence-corrected chi connectivity index (χ4v) is 1.50. The number of pyridine rings is 1. The summed E-state index contributed by atoms with van der Waals surface area (Å²) in [7, 11) is 0. The first kappa shape index (κ1) is 13.0. The summed E-state index contributed by atoms with van der Waals surface area (Å²) in [6, 6.07) is 1.37. The van der Waals surface area contributed by atoms with Gasteiger partial charge in [-0.1, -0.05) is 19.3 Å². The number of terminal acetylenes is 1. The van der Waals surface area contributed by atoms with E-state index in [0.717, 1.165) is 12.8 Å². The van der Waals surface area contributed by atoms with Gasteiger partial charge in [-0.3, -0.25) is 9.78 Å². The van der Waals surface area contributed by atoms with Crippen LogP contribution in [-0.2, 0) is 0 Å². The quantitative estimate of drug-likeness (QED) is 0.772. The number of nitrogens with one attached hydrogen (secondary N) is 1. The van der Waals surface area contributed by atoms with Gasteiger partial charge in [0.1, 0.15) is 0 Å². The normalized spacial score (nSPS) is 11.6. The molecule has 90 valence electrons. The Bertz CT molecular complexity index is 448. The summed E-state index contributed by atoms with van der Waals surface area (Å²) in [6.07, 6.45) is 8.55. The first-order valence-electron chi connectivity index (χ1n) is 5.57. The van der Waals surface area contributed by atoms with Crippen LogP contribution in [0.5, 0.6) is 0 Å². The zero-order chi connectivity index (χ0) is 12.8. The highest BCUT2D eigenvalue weighted by molar-refractivity contribution is 5.96. The third-order valence-corrected chi connectivity index (χ3v) is 2.44. The Balaban J connectivity index is 2.83. The summed E-state index contributed by atoms with van der Waals surface area (Å²) in [5.74, 6) is 2.33. The van der Waals surface area contributed by atoms with E-state index in [4.69, 9.17) is 12.2 Å². The van der Waals surface area contributed by atoms with E-state index in [0.29, 0.717) is 16.9 Å². The lowest BCUT2D eigenvalue weighted by Crippen LogP contribution is -2.34. The molecule has 17 heavy (non-hydrogen) atoms. The molecule has 0 spiro atoms. The maximum atomic E-state index is 12.0. The van der Waals surface area contributed by atoms with Gasteiger partial charge in [0, 0.05) is 0 Å². The summed E-state index contributed by atoms with van der Waals surface area (Å²) < 4.78 is 0. The lowest BCUT2D eigenvalue weighted by atomic mass is 10.1. The topological polar surface area (TPSA) is 68.0 Å². The van der Waals surface area contributed by atoms with Crippen molar-refractivity contribution in [3.63, 3.8) is 0 Å². The second-order valence-electron chi connectivity index (χ2n) is 3.88. The summed E-state index contributed by atoms with van der Waals surface area (Å²) >= 11 is 0. The van der Waals surface area contributed by atoms with Crippen LogP contribution in [0.1, 0.15) is 35.8 Å². The molecule has 1 aromatic heterocycles. The molecule has 0 fully saturated rings. The molecule has 1 aromatic rings. The second kappa shape index (κ2) is 5.90. The Morgan fingerprint density at radius 3 is 3.00 bits per heavy atom. The van der Waals surface area contributed by atoms with Crippen molar-refractivity contribution in [2.45, 2.75) is 32.7 Å². The lowest BCUT2D eigenvalue weighted by molar-refractivity contribution is 0.0943. The predicted octanol–water partition coefficient (Wildman–Crippen LogP) is 1.50. The third-order valence-electron chi connectivity index (χ3n) is 2.44. The number of amides is 1. The number of hydrogen-bond donors (Lipinski definition) is 2.